The topological polar surface area (TPSA) is 106 Å². The summed E-state index contributed by atoms with van der Waals surface area (Å²) in [5, 5.41) is 11.8. The molecule has 0 saturated heterocycles. The average molecular weight is 431 g/mol. The molecule has 160 valence electrons. The van der Waals surface area contributed by atoms with E-state index < -0.39 is 5.97 Å². The largest absolute Gasteiger partial charge is 0.457 e. The number of amides is 2. The Hall–Kier alpha value is -2.42. The van der Waals surface area contributed by atoms with Crippen LogP contribution >= 0.6 is 11.3 Å². The molecule has 0 spiro atoms. The summed E-state index contributed by atoms with van der Waals surface area (Å²) in [6, 6.07) is 3.60. The fraction of sp³-hybridized carbons (Fsp3) is 0.619. The Morgan fingerprint density at radius 2 is 1.93 bits per heavy atom. The molecule has 4 aliphatic rings. The monoisotopic (exact) mass is 430 g/mol. The first kappa shape index (κ1) is 19.5. The summed E-state index contributed by atoms with van der Waals surface area (Å²) in [7, 11) is 0. The third kappa shape index (κ3) is 4.21. The van der Waals surface area contributed by atoms with E-state index in [1.807, 2.05) is 17.5 Å². The minimum Gasteiger partial charge on any atom is -0.457 e. The first-order valence-electron chi connectivity index (χ1n) is 10.6. The lowest BCUT2D eigenvalue weighted by Gasteiger charge is -2.56. The van der Waals surface area contributed by atoms with Crippen molar-refractivity contribution < 1.29 is 18.8 Å². The average Bonchev–Trinajstić information content (AvgIpc) is 3.36. The number of thiophene rings is 1. The number of nitrogens with zero attached hydrogens (tertiary/aromatic N) is 2. The predicted octanol–water partition coefficient (Wildman–Crippen LogP) is 3.50. The molecule has 0 unspecified atom stereocenters. The van der Waals surface area contributed by atoms with Gasteiger partial charge in [0.1, 0.15) is 0 Å². The number of urea groups is 1. The van der Waals surface area contributed by atoms with E-state index in [1.165, 1.54) is 30.6 Å². The Morgan fingerprint density at radius 1 is 1.20 bits per heavy atom. The summed E-state index contributed by atoms with van der Waals surface area (Å²) in [6.45, 7) is 0.191. The van der Waals surface area contributed by atoms with Crippen molar-refractivity contribution in [2.24, 2.45) is 17.8 Å². The normalized spacial score (nSPS) is 29.0. The second-order valence-corrected chi connectivity index (χ2v) is 9.93. The highest BCUT2D eigenvalue weighted by Gasteiger charge is 2.51. The Balaban J connectivity index is 1.03. The maximum Gasteiger partial charge on any atom is 0.315 e. The lowest BCUT2D eigenvalue weighted by Crippen LogP contribution is -2.61. The Bertz CT molecular complexity index is 875. The minimum absolute atomic E-state index is 0.0295. The van der Waals surface area contributed by atoms with Gasteiger partial charge in [-0.2, -0.15) is 4.98 Å². The highest BCUT2D eigenvalue weighted by Crippen LogP contribution is 2.55. The summed E-state index contributed by atoms with van der Waals surface area (Å²) in [4.78, 5) is 29.4. The van der Waals surface area contributed by atoms with E-state index in [1.54, 1.807) is 0 Å². The summed E-state index contributed by atoms with van der Waals surface area (Å²) in [6.07, 6.45) is 7.42. The van der Waals surface area contributed by atoms with Crippen molar-refractivity contribution in [1.82, 2.24) is 20.8 Å². The molecule has 0 aliphatic heterocycles. The zero-order valence-electron chi connectivity index (χ0n) is 16.8. The Morgan fingerprint density at radius 3 is 2.60 bits per heavy atom. The van der Waals surface area contributed by atoms with Gasteiger partial charge in [-0.1, -0.05) is 11.2 Å². The molecule has 8 nitrogen and oxygen atoms in total. The van der Waals surface area contributed by atoms with Crippen LogP contribution in [0.15, 0.2) is 22.0 Å². The lowest BCUT2D eigenvalue weighted by atomic mass is 9.53. The third-order valence-corrected chi connectivity index (χ3v) is 7.45. The van der Waals surface area contributed by atoms with Crippen LogP contribution in [-0.2, 0) is 16.1 Å². The zero-order chi connectivity index (χ0) is 20.6. The number of nitrogens with one attached hydrogen (secondary N) is 2. The zero-order valence-corrected chi connectivity index (χ0v) is 17.6. The van der Waals surface area contributed by atoms with Crippen LogP contribution in [0.1, 0.15) is 50.8 Å². The molecule has 30 heavy (non-hydrogen) atoms. The van der Waals surface area contributed by atoms with Crippen LogP contribution in [0.5, 0.6) is 0 Å². The lowest BCUT2D eigenvalue weighted by molar-refractivity contribution is -0.145. The van der Waals surface area contributed by atoms with E-state index >= 15 is 0 Å². The maximum absolute atomic E-state index is 12.4. The second kappa shape index (κ2) is 8.02. The van der Waals surface area contributed by atoms with Crippen molar-refractivity contribution in [3.05, 3.63) is 23.3 Å². The number of ether oxygens (including phenoxy) is 1. The first-order valence-corrected chi connectivity index (χ1v) is 11.5. The standard InChI is InChI=1S/C21H26N4O4S/c26-18(28-12-17-23-19(29-25-17)16-2-1-5-30-16)3-4-22-20(27)24-21-9-13-6-14(10-21)8-15(7-13)11-21/h1-2,5,13-15H,3-4,6-12H2,(H2,22,24,27). The molecule has 9 heteroatoms. The van der Waals surface area contributed by atoms with Crippen LogP contribution in [-0.4, -0.2) is 34.2 Å². The first-order chi connectivity index (χ1) is 14.6. The van der Waals surface area contributed by atoms with E-state index in [0.29, 0.717) is 11.7 Å². The second-order valence-electron chi connectivity index (χ2n) is 8.98. The van der Waals surface area contributed by atoms with Gasteiger partial charge in [0.15, 0.2) is 6.61 Å². The van der Waals surface area contributed by atoms with E-state index in [0.717, 1.165) is 41.9 Å². The van der Waals surface area contributed by atoms with Gasteiger partial charge >= 0.3 is 12.0 Å². The molecule has 2 heterocycles. The molecule has 0 atom stereocenters. The summed E-state index contributed by atoms with van der Waals surface area (Å²) < 4.78 is 10.3. The van der Waals surface area contributed by atoms with Gasteiger partial charge in [-0.05, 0) is 67.7 Å². The summed E-state index contributed by atoms with van der Waals surface area (Å²) >= 11 is 1.50. The van der Waals surface area contributed by atoms with Crippen molar-refractivity contribution in [3.8, 4) is 10.8 Å². The SMILES string of the molecule is O=C(NCCC(=O)OCc1noc(-c2cccs2)n1)NC12CC3CC(CC(C3)C1)C2. The number of carbonyl (C=O) groups excluding carboxylic acids is 2. The molecular formula is C21H26N4O4S. The number of hydrogen-bond acceptors (Lipinski definition) is 7. The van der Waals surface area contributed by atoms with Crippen LogP contribution in [0.3, 0.4) is 0 Å². The van der Waals surface area contributed by atoms with Crippen LogP contribution < -0.4 is 10.6 Å². The van der Waals surface area contributed by atoms with Gasteiger partial charge < -0.3 is 19.9 Å². The fourth-order valence-electron chi connectivity index (χ4n) is 5.86. The van der Waals surface area contributed by atoms with Crippen molar-refractivity contribution in [2.75, 3.05) is 6.54 Å². The maximum atomic E-state index is 12.4. The summed E-state index contributed by atoms with van der Waals surface area (Å²) in [5.41, 5.74) is -0.0295. The molecule has 4 aliphatic carbocycles. The predicted molar refractivity (Wildman–Crippen MR) is 109 cm³/mol. The van der Waals surface area contributed by atoms with Crippen molar-refractivity contribution in [1.29, 1.82) is 0 Å². The van der Waals surface area contributed by atoms with Gasteiger partial charge in [-0.3, -0.25) is 4.79 Å². The van der Waals surface area contributed by atoms with E-state index in [4.69, 9.17) is 9.26 Å². The van der Waals surface area contributed by atoms with Crippen molar-refractivity contribution >= 4 is 23.3 Å². The Kier molecular flexibility index (Phi) is 5.22. The Labute approximate surface area is 178 Å². The highest BCUT2D eigenvalue weighted by molar-refractivity contribution is 7.13. The molecule has 0 aromatic carbocycles. The van der Waals surface area contributed by atoms with Gasteiger partial charge in [0.2, 0.25) is 5.82 Å². The number of esters is 1. The van der Waals surface area contributed by atoms with E-state index in [9.17, 15) is 9.59 Å². The molecule has 6 rings (SSSR count). The van der Waals surface area contributed by atoms with E-state index in [-0.39, 0.29) is 31.1 Å². The molecule has 2 amide bonds. The molecule has 0 radical (unpaired) electrons. The molecular weight excluding hydrogens is 404 g/mol. The summed E-state index contributed by atoms with van der Waals surface area (Å²) in [5.74, 6) is 2.65. The van der Waals surface area contributed by atoms with Gasteiger partial charge in [-0.25, -0.2) is 4.79 Å². The van der Waals surface area contributed by atoms with Crippen LogP contribution in [0.25, 0.3) is 10.8 Å². The minimum atomic E-state index is -0.410. The fourth-order valence-corrected chi connectivity index (χ4v) is 6.50. The van der Waals surface area contributed by atoms with Crippen LogP contribution in [0.4, 0.5) is 4.79 Å². The van der Waals surface area contributed by atoms with Gasteiger partial charge in [0, 0.05) is 12.1 Å². The highest BCUT2D eigenvalue weighted by atomic mass is 32.1. The molecule has 2 aromatic rings. The molecule has 2 aromatic heterocycles. The van der Waals surface area contributed by atoms with Gasteiger partial charge in [0.05, 0.1) is 11.3 Å². The molecule has 4 bridgehead atoms. The molecule has 2 N–H and O–H groups in total. The van der Waals surface area contributed by atoms with E-state index in [2.05, 4.69) is 20.8 Å². The quantitative estimate of drug-likeness (QED) is 0.651. The number of carbonyl (C=O) groups is 2. The van der Waals surface area contributed by atoms with Crippen molar-refractivity contribution in [3.63, 3.8) is 0 Å². The number of hydrogen-bond donors (Lipinski definition) is 2. The van der Waals surface area contributed by atoms with Crippen LogP contribution in [0.2, 0.25) is 0 Å². The van der Waals surface area contributed by atoms with Crippen molar-refractivity contribution in [2.45, 2.75) is 57.1 Å². The molecule has 4 fully saturated rings. The molecule has 4 saturated carbocycles. The number of rotatable bonds is 7. The number of aromatic nitrogens is 2. The van der Waals surface area contributed by atoms with Gasteiger partial charge in [0.25, 0.3) is 5.89 Å². The van der Waals surface area contributed by atoms with Crippen LogP contribution in [0, 0.1) is 17.8 Å². The third-order valence-electron chi connectivity index (χ3n) is 6.59. The smallest absolute Gasteiger partial charge is 0.315 e. The van der Waals surface area contributed by atoms with Gasteiger partial charge in [-0.15, -0.1) is 11.3 Å².